The number of non-ortho nitro benzene ring substituents is 1. The Morgan fingerprint density at radius 2 is 1.75 bits per heavy atom. The van der Waals surface area contributed by atoms with Crippen LogP contribution < -0.4 is 5.73 Å². The molecule has 4 rings (SSSR count). The predicted molar refractivity (Wildman–Crippen MR) is 122 cm³/mol. The molecule has 0 aromatic heterocycles. The van der Waals surface area contributed by atoms with Crippen LogP contribution in [0.25, 0.3) is 0 Å². The molecule has 0 radical (unpaired) electrons. The molecule has 1 unspecified atom stereocenters. The van der Waals surface area contributed by atoms with Crippen molar-refractivity contribution in [1.82, 2.24) is 9.80 Å². The molecular formula is C24H30N4O4. The minimum Gasteiger partial charge on any atom is -0.466 e. The zero-order valence-electron chi connectivity index (χ0n) is 19.1. The molecule has 1 amide bonds. The summed E-state index contributed by atoms with van der Waals surface area (Å²) in [5.74, 6) is 1.76. The number of hydrogen-bond acceptors (Lipinski definition) is 6. The molecule has 2 N–H and O–H groups in total. The number of piperazine rings is 1. The first-order valence-corrected chi connectivity index (χ1v) is 10.9. The van der Waals surface area contributed by atoms with Crippen LogP contribution in [0.5, 0.6) is 0 Å². The normalized spacial score (nSPS) is 24.1. The Labute approximate surface area is 188 Å². The number of rotatable bonds is 4. The third-order valence-corrected chi connectivity index (χ3v) is 6.98. The number of carbonyl (C=O) groups excluding carboxylic acids is 1. The lowest BCUT2D eigenvalue weighted by molar-refractivity contribution is -0.384. The van der Waals surface area contributed by atoms with Crippen molar-refractivity contribution < 1.29 is 14.5 Å². The lowest BCUT2D eigenvalue weighted by Crippen LogP contribution is -2.51. The van der Waals surface area contributed by atoms with E-state index in [1.807, 2.05) is 18.7 Å². The summed E-state index contributed by atoms with van der Waals surface area (Å²) in [6.07, 6.45) is 0.854. The molecule has 3 aliphatic rings. The summed E-state index contributed by atoms with van der Waals surface area (Å²) in [5, 5.41) is 10.8. The number of fused-ring (bicyclic) bond motifs is 1. The van der Waals surface area contributed by atoms with Gasteiger partial charge in [0.1, 0.15) is 11.5 Å². The van der Waals surface area contributed by atoms with Crippen molar-refractivity contribution in [3.8, 4) is 0 Å². The SMILES string of the molecule is CC1=C(C)C2=C(N)C(C)(CN3CCN(C(=O)c4ccc([N+](=O)[O-])cc4)CC3)CC2=C(C)O1. The highest BCUT2D eigenvalue weighted by Crippen LogP contribution is 2.50. The highest BCUT2D eigenvalue weighted by molar-refractivity contribution is 5.94. The number of hydrogen-bond donors (Lipinski definition) is 1. The molecule has 1 fully saturated rings. The molecule has 1 aromatic carbocycles. The van der Waals surface area contributed by atoms with Gasteiger partial charge in [0.2, 0.25) is 0 Å². The van der Waals surface area contributed by atoms with Gasteiger partial charge >= 0.3 is 0 Å². The topological polar surface area (TPSA) is 102 Å². The molecule has 1 saturated heterocycles. The van der Waals surface area contributed by atoms with Crippen LogP contribution in [0.15, 0.2) is 58.2 Å². The molecule has 0 spiro atoms. The highest BCUT2D eigenvalue weighted by Gasteiger charge is 2.43. The maximum absolute atomic E-state index is 12.8. The molecule has 0 bridgehead atoms. The first-order valence-electron chi connectivity index (χ1n) is 10.9. The molecule has 170 valence electrons. The molecule has 8 nitrogen and oxygen atoms in total. The van der Waals surface area contributed by atoms with Gasteiger partial charge in [-0.05, 0) is 44.9 Å². The molecule has 8 heteroatoms. The van der Waals surface area contributed by atoms with E-state index in [4.69, 9.17) is 10.5 Å². The summed E-state index contributed by atoms with van der Waals surface area (Å²) >= 11 is 0. The Kier molecular flexibility index (Phi) is 5.58. The average molecular weight is 439 g/mol. The van der Waals surface area contributed by atoms with E-state index in [1.165, 1.54) is 29.8 Å². The third kappa shape index (κ3) is 3.79. The van der Waals surface area contributed by atoms with Crippen molar-refractivity contribution in [2.75, 3.05) is 32.7 Å². The minimum atomic E-state index is -0.462. The number of nitrogens with zero attached hydrogens (tertiary/aromatic N) is 3. The van der Waals surface area contributed by atoms with Gasteiger partial charge in [-0.1, -0.05) is 6.92 Å². The summed E-state index contributed by atoms with van der Waals surface area (Å²) in [5.41, 5.74) is 11.4. The standard InChI is InChI=1S/C24H30N4O4/c1-15-16(2)32-17(3)20-13-24(4,22(25)21(15)20)14-26-9-11-27(12-10-26)23(29)18-5-7-19(8-6-18)28(30)31/h5-8H,9-14,25H2,1-4H3. The van der Waals surface area contributed by atoms with Crippen LogP contribution in [-0.4, -0.2) is 53.4 Å². The highest BCUT2D eigenvalue weighted by atomic mass is 16.6. The van der Waals surface area contributed by atoms with E-state index in [1.54, 1.807) is 0 Å². The van der Waals surface area contributed by atoms with Crippen LogP contribution in [0.4, 0.5) is 5.69 Å². The monoisotopic (exact) mass is 438 g/mol. The number of nitro benzene ring substituents is 1. The van der Waals surface area contributed by atoms with E-state index in [9.17, 15) is 14.9 Å². The smallest absolute Gasteiger partial charge is 0.269 e. The number of benzene rings is 1. The van der Waals surface area contributed by atoms with Gasteiger partial charge in [0.25, 0.3) is 11.6 Å². The molecule has 2 heterocycles. The van der Waals surface area contributed by atoms with E-state index in [-0.39, 0.29) is 17.0 Å². The quantitative estimate of drug-likeness (QED) is 0.570. The fourth-order valence-corrected chi connectivity index (χ4v) is 4.96. The van der Waals surface area contributed by atoms with Crippen molar-refractivity contribution >= 4 is 11.6 Å². The zero-order chi connectivity index (χ0) is 23.2. The lowest BCUT2D eigenvalue weighted by atomic mass is 9.85. The molecule has 1 aromatic rings. The maximum atomic E-state index is 12.8. The number of nitro groups is 1. The van der Waals surface area contributed by atoms with Gasteiger partial charge in [-0.15, -0.1) is 0 Å². The van der Waals surface area contributed by atoms with Crippen LogP contribution >= 0.6 is 0 Å². The minimum absolute atomic E-state index is 0.0144. The van der Waals surface area contributed by atoms with Crippen LogP contribution in [0, 0.1) is 15.5 Å². The van der Waals surface area contributed by atoms with Crippen LogP contribution in [-0.2, 0) is 4.74 Å². The first kappa shape index (κ1) is 22.1. The van der Waals surface area contributed by atoms with Crippen LogP contribution in [0.2, 0.25) is 0 Å². The van der Waals surface area contributed by atoms with E-state index in [0.717, 1.165) is 54.4 Å². The summed E-state index contributed by atoms with van der Waals surface area (Å²) in [4.78, 5) is 27.3. The largest absolute Gasteiger partial charge is 0.466 e. The Hall–Kier alpha value is -3.13. The first-order chi connectivity index (χ1) is 15.1. The van der Waals surface area contributed by atoms with E-state index in [0.29, 0.717) is 18.7 Å². The lowest BCUT2D eigenvalue weighted by Gasteiger charge is -2.39. The second-order valence-electron chi connectivity index (χ2n) is 9.22. The number of nitrogens with two attached hydrogens (primary N) is 1. The Balaban J connectivity index is 1.41. The van der Waals surface area contributed by atoms with Crippen molar-refractivity contribution in [3.63, 3.8) is 0 Å². The van der Waals surface area contributed by atoms with Crippen LogP contribution in [0.1, 0.15) is 44.5 Å². The van der Waals surface area contributed by atoms with Gasteiger partial charge in [-0.2, -0.15) is 0 Å². The second-order valence-corrected chi connectivity index (χ2v) is 9.22. The summed E-state index contributed by atoms with van der Waals surface area (Å²) in [7, 11) is 0. The van der Waals surface area contributed by atoms with Crippen molar-refractivity contribution in [3.05, 3.63) is 73.9 Å². The fourth-order valence-electron chi connectivity index (χ4n) is 4.96. The summed E-state index contributed by atoms with van der Waals surface area (Å²) in [6, 6.07) is 5.80. The number of allylic oxidation sites excluding steroid dienone is 5. The van der Waals surface area contributed by atoms with Gasteiger partial charge in [0.15, 0.2) is 0 Å². The molecule has 1 atom stereocenters. The van der Waals surface area contributed by atoms with Gasteiger partial charge in [-0.3, -0.25) is 19.8 Å². The fraction of sp³-hybridized carbons (Fsp3) is 0.458. The van der Waals surface area contributed by atoms with Gasteiger partial charge in [-0.25, -0.2) is 0 Å². The number of carbonyl (C=O) groups is 1. The van der Waals surface area contributed by atoms with E-state index < -0.39 is 4.92 Å². The van der Waals surface area contributed by atoms with E-state index in [2.05, 4.69) is 18.7 Å². The van der Waals surface area contributed by atoms with Crippen LogP contribution in [0.3, 0.4) is 0 Å². The van der Waals surface area contributed by atoms with Gasteiger partial charge in [0.05, 0.1) is 4.92 Å². The summed E-state index contributed by atoms with van der Waals surface area (Å²) < 4.78 is 5.92. The zero-order valence-corrected chi connectivity index (χ0v) is 19.1. The molecule has 32 heavy (non-hydrogen) atoms. The van der Waals surface area contributed by atoms with Crippen molar-refractivity contribution in [1.29, 1.82) is 0 Å². The molecular weight excluding hydrogens is 408 g/mol. The average Bonchev–Trinajstić information content (AvgIpc) is 3.03. The van der Waals surface area contributed by atoms with Gasteiger partial charge < -0.3 is 15.4 Å². The van der Waals surface area contributed by atoms with Crippen molar-refractivity contribution in [2.24, 2.45) is 11.1 Å². The van der Waals surface area contributed by atoms with Crippen molar-refractivity contribution in [2.45, 2.75) is 34.1 Å². The summed E-state index contributed by atoms with van der Waals surface area (Å²) in [6.45, 7) is 11.9. The van der Waals surface area contributed by atoms with Gasteiger partial charge in [0, 0.05) is 72.7 Å². The molecule has 2 aliphatic heterocycles. The molecule has 0 saturated carbocycles. The number of ether oxygens (including phenoxy) is 1. The van der Waals surface area contributed by atoms with E-state index >= 15 is 0 Å². The number of amides is 1. The Morgan fingerprint density at radius 1 is 1.12 bits per heavy atom. The Morgan fingerprint density at radius 3 is 2.34 bits per heavy atom. The predicted octanol–water partition coefficient (Wildman–Crippen LogP) is 3.57. The third-order valence-electron chi connectivity index (χ3n) is 6.98. The maximum Gasteiger partial charge on any atom is 0.269 e. The second kappa shape index (κ2) is 8.09. The molecule has 1 aliphatic carbocycles. The Bertz CT molecular complexity index is 1060.